The molecule has 0 aromatic heterocycles. The Balaban J connectivity index is 0.00000156. The van der Waals surface area contributed by atoms with Gasteiger partial charge < -0.3 is 18.4 Å². The zero-order chi connectivity index (χ0) is 26.4. The van der Waals surface area contributed by atoms with Gasteiger partial charge in [0.1, 0.15) is 5.82 Å². The van der Waals surface area contributed by atoms with Crippen molar-refractivity contribution in [3.63, 3.8) is 0 Å². The Kier molecular flexibility index (Phi) is 9.51. The van der Waals surface area contributed by atoms with Crippen LogP contribution < -0.4 is 18.4 Å². The number of halogens is 1. The summed E-state index contributed by atoms with van der Waals surface area (Å²) >= 11 is 4.69. The second kappa shape index (κ2) is 12.8. The van der Waals surface area contributed by atoms with Crippen LogP contribution in [0.15, 0.2) is 53.4 Å². The fourth-order valence-corrected chi connectivity index (χ4v) is 5.69. The number of hydrogen-bond donors (Lipinski definition) is 1. The van der Waals surface area contributed by atoms with Crippen molar-refractivity contribution in [3.8, 4) is 23.0 Å². The van der Waals surface area contributed by atoms with Crippen LogP contribution >= 0.6 is 24.7 Å². The van der Waals surface area contributed by atoms with E-state index in [2.05, 4.69) is 35.7 Å². The molecular weight excluding hydrogens is 509 g/mol. The molecule has 2 aliphatic heterocycles. The average Bonchev–Trinajstić information content (AvgIpc) is 2.92. The van der Waals surface area contributed by atoms with Crippen LogP contribution in [0.5, 0.6) is 23.0 Å². The average molecular weight is 544 g/mol. The first-order chi connectivity index (χ1) is 18.1. The monoisotopic (exact) mass is 543 g/mol. The topological polar surface area (TPSA) is 40.2 Å². The van der Waals surface area contributed by atoms with Crippen LogP contribution in [0.1, 0.15) is 42.1 Å². The predicted octanol–water partition coefficient (Wildman–Crippen LogP) is 6.92. The first-order valence-corrected chi connectivity index (χ1v) is 14.1. The summed E-state index contributed by atoms with van der Waals surface area (Å²) in [6.45, 7) is 6.98. The molecule has 0 amide bonds. The van der Waals surface area contributed by atoms with E-state index in [1.54, 1.807) is 19.4 Å². The van der Waals surface area contributed by atoms with Gasteiger partial charge in [0.25, 0.3) is 0 Å². The van der Waals surface area contributed by atoms with E-state index in [1.165, 1.54) is 28.8 Å². The molecule has 0 spiro atoms. The molecule has 0 aliphatic carbocycles. The molecule has 3 aromatic rings. The lowest BCUT2D eigenvalue weighted by molar-refractivity contribution is 0.159. The van der Waals surface area contributed by atoms with Gasteiger partial charge in [0, 0.05) is 24.7 Å². The van der Waals surface area contributed by atoms with Crippen LogP contribution in [0.2, 0.25) is 0 Å². The van der Waals surface area contributed by atoms with Crippen LogP contribution in [0.25, 0.3) is 0 Å². The number of ether oxygens (including phenoxy) is 3. The standard InChI is InChI=1S/C28H30FNO4S.CH4S/c1-4-32-26-14-18-13-24-22-9-10-25(31-3)28(34-35-21-8-6-7-20(29)16-21)23(22)11-12-30(24)17-19(18)15-27(26)33-5-2;1-2/h6-10,14-16,24H,4-5,11-13,17H2,1-3H3;2H,1H3. The predicted molar refractivity (Wildman–Crippen MR) is 150 cm³/mol. The Hall–Kier alpha value is -2.55. The van der Waals surface area contributed by atoms with Crippen LogP contribution in [-0.4, -0.2) is 38.0 Å². The molecule has 198 valence electrons. The molecule has 3 aromatic carbocycles. The van der Waals surface area contributed by atoms with Gasteiger partial charge in [-0.25, -0.2) is 4.39 Å². The Morgan fingerprint density at radius 3 is 2.38 bits per heavy atom. The minimum Gasteiger partial charge on any atom is -0.493 e. The fraction of sp³-hybridized carbons (Fsp3) is 0.379. The van der Waals surface area contributed by atoms with Crippen molar-refractivity contribution in [2.75, 3.05) is 33.1 Å². The second-order valence-electron chi connectivity index (χ2n) is 8.66. The Bertz CT molecular complexity index is 1220. The van der Waals surface area contributed by atoms with Crippen molar-refractivity contribution in [2.24, 2.45) is 0 Å². The maximum absolute atomic E-state index is 13.6. The molecule has 0 saturated heterocycles. The summed E-state index contributed by atoms with van der Waals surface area (Å²) in [5.74, 6) is 2.77. The molecule has 0 fully saturated rings. The number of nitrogens with zero attached hydrogens (tertiary/aromatic N) is 1. The van der Waals surface area contributed by atoms with Crippen LogP contribution in [0.4, 0.5) is 4.39 Å². The van der Waals surface area contributed by atoms with Crippen molar-refractivity contribution < 1.29 is 22.8 Å². The van der Waals surface area contributed by atoms with E-state index < -0.39 is 0 Å². The van der Waals surface area contributed by atoms with Crippen LogP contribution in [0.3, 0.4) is 0 Å². The highest BCUT2D eigenvalue weighted by Crippen LogP contribution is 2.47. The van der Waals surface area contributed by atoms with E-state index in [-0.39, 0.29) is 11.9 Å². The van der Waals surface area contributed by atoms with Crippen LogP contribution in [-0.2, 0) is 19.4 Å². The molecular formula is C29H34FNO4S2. The van der Waals surface area contributed by atoms with Gasteiger partial charge in [0.15, 0.2) is 23.0 Å². The van der Waals surface area contributed by atoms with Gasteiger partial charge in [-0.3, -0.25) is 4.90 Å². The Labute approximate surface area is 228 Å². The van der Waals surface area contributed by atoms with E-state index >= 15 is 0 Å². The number of rotatable bonds is 8. The van der Waals surface area contributed by atoms with E-state index in [9.17, 15) is 4.39 Å². The molecule has 1 atom stereocenters. The highest BCUT2D eigenvalue weighted by atomic mass is 32.2. The summed E-state index contributed by atoms with van der Waals surface area (Å²) in [7, 11) is 1.65. The molecule has 0 N–H and O–H groups in total. The molecule has 5 nitrogen and oxygen atoms in total. The summed E-state index contributed by atoms with van der Waals surface area (Å²) in [5, 5.41) is 0. The highest BCUT2D eigenvalue weighted by Gasteiger charge is 2.35. The maximum atomic E-state index is 13.6. The van der Waals surface area contributed by atoms with Gasteiger partial charge in [-0.05, 0) is 86.0 Å². The number of benzene rings is 3. The van der Waals surface area contributed by atoms with E-state index in [0.29, 0.717) is 23.9 Å². The third-order valence-corrected chi connectivity index (χ3v) is 7.30. The Morgan fingerprint density at radius 1 is 0.973 bits per heavy atom. The zero-order valence-corrected chi connectivity index (χ0v) is 23.5. The van der Waals surface area contributed by atoms with Crippen molar-refractivity contribution in [1.82, 2.24) is 4.90 Å². The fourth-order valence-electron chi connectivity index (χ4n) is 5.03. The van der Waals surface area contributed by atoms with Crippen molar-refractivity contribution >= 4 is 24.7 Å². The lowest BCUT2D eigenvalue weighted by atomic mass is 9.83. The smallest absolute Gasteiger partial charge is 0.183 e. The van der Waals surface area contributed by atoms with Gasteiger partial charge in [-0.2, -0.15) is 12.6 Å². The molecule has 37 heavy (non-hydrogen) atoms. The molecule has 0 saturated carbocycles. The largest absolute Gasteiger partial charge is 0.493 e. The molecule has 8 heteroatoms. The molecule has 2 aliphatic rings. The number of hydrogen-bond acceptors (Lipinski definition) is 7. The van der Waals surface area contributed by atoms with Crippen molar-refractivity contribution in [3.05, 3.63) is 76.6 Å². The summed E-state index contributed by atoms with van der Waals surface area (Å²) < 4.78 is 37.2. The SMILES string of the molecule is CCOc1cc2c(cc1OCC)CN1CCc3c(ccc(OC)c3OSc3cccc(F)c3)C1C2.CS. The van der Waals surface area contributed by atoms with Gasteiger partial charge in [-0.1, -0.05) is 12.1 Å². The zero-order valence-electron chi connectivity index (χ0n) is 21.8. The number of fused-ring (bicyclic) bond motifs is 4. The van der Waals surface area contributed by atoms with Gasteiger partial charge in [0.05, 0.1) is 37.3 Å². The van der Waals surface area contributed by atoms with Gasteiger partial charge in [-0.15, -0.1) is 0 Å². The van der Waals surface area contributed by atoms with Gasteiger partial charge in [0.2, 0.25) is 0 Å². The van der Waals surface area contributed by atoms with E-state index in [1.807, 2.05) is 26.0 Å². The van der Waals surface area contributed by atoms with Gasteiger partial charge >= 0.3 is 0 Å². The van der Waals surface area contributed by atoms with Crippen molar-refractivity contribution in [2.45, 2.75) is 44.2 Å². The maximum Gasteiger partial charge on any atom is 0.183 e. The van der Waals surface area contributed by atoms with E-state index in [4.69, 9.17) is 18.4 Å². The lowest BCUT2D eigenvalue weighted by Gasteiger charge is -2.42. The summed E-state index contributed by atoms with van der Waals surface area (Å²) in [4.78, 5) is 3.23. The quantitative estimate of drug-likeness (QED) is 0.246. The molecule has 5 rings (SSSR count). The summed E-state index contributed by atoms with van der Waals surface area (Å²) in [6.07, 6.45) is 3.43. The summed E-state index contributed by atoms with van der Waals surface area (Å²) in [6, 6.07) is 15.1. The highest BCUT2D eigenvalue weighted by molar-refractivity contribution is 7.95. The second-order valence-corrected chi connectivity index (χ2v) is 9.47. The number of methoxy groups -OCH3 is 1. The number of thiol groups is 1. The molecule has 0 radical (unpaired) electrons. The minimum atomic E-state index is -0.281. The van der Waals surface area contributed by atoms with Crippen LogP contribution in [0, 0.1) is 5.82 Å². The molecule has 2 heterocycles. The molecule has 0 bridgehead atoms. The Morgan fingerprint density at radius 2 is 1.70 bits per heavy atom. The third kappa shape index (κ3) is 5.97. The molecule has 1 unspecified atom stereocenters. The van der Waals surface area contributed by atoms with Crippen molar-refractivity contribution in [1.29, 1.82) is 0 Å². The summed E-state index contributed by atoms with van der Waals surface area (Å²) in [5.41, 5.74) is 5.00. The normalized spacial score (nSPS) is 15.9. The lowest BCUT2D eigenvalue weighted by Crippen LogP contribution is -2.39. The van der Waals surface area contributed by atoms with E-state index in [0.717, 1.165) is 60.8 Å². The first-order valence-electron chi connectivity index (χ1n) is 12.5. The third-order valence-electron chi connectivity index (χ3n) is 6.60. The minimum absolute atomic E-state index is 0.242. The first kappa shape index (κ1) is 27.5.